The van der Waals surface area contributed by atoms with Crippen LogP contribution in [0.4, 0.5) is 5.13 Å². The van der Waals surface area contributed by atoms with Crippen LogP contribution >= 0.6 is 11.3 Å². The van der Waals surface area contributed by atoms with Crippen molar-refractivity contribution < 1.29 is 4.79 Å². The zero-order chi connectivity index (χ0) is 13.5. The fourth-order valence-corrected chi connectivity index (χ4v) is 2.14. The van der Waals surface area contributed by atoms with Crippen molar-refractivity contribution in [2.24, 2.45) is 0 Å². The number of nitrogens with zero attached hydrogens (tertiary/aromatic N) is 5. The summed E-state index contributed by atoms with van der Waals surface area (Å²) in [5.41, 5.74) is 6.44. The second-order valence-corrected chi connectivity index (χ2v) is 4.84. The van der Waals surface area contributed by atoms with Gasteiger partial charge in [0.1, 0.15) is 6.33 Å². The predicted molar refractivity (Wildman–Crippen MR) is 70.3 cm³/mol. The number of anilines is 1. The summed E-state index contributed by atoms with van der Waals surface area (Å²) in [5.74, 6) is 0.0243. The van der Waals surface area contributed by atoms with Crippen molar-refractivity contribution in [2.75, 3.05) is 12.3 Å². The number of aryl methyl sites for hydroxylation is 1. The summed E-state index contributed by atoms with van der Waals surface area (Å²) < 4.78 is 1.60. The first-order chi connectivity index (χ1) is 9.24. The number of amides is 1. The van der Waals surface area contributed by atoms with Crippen molar-refractivity contribution in [1.29, 1.82) is 0 Å². The van der Waals surface area contributed by atoms with Crippen molar-refractivity contribution in [3.63, 3.8) is 0 Å². The summed E-state index contributed by atoms with van der Waals surface area (Å²) in [6.45, 7) is 1.22. The Morgan fingerprint density at radius 2 is 2.42 bits per heavy atom. The third kappa shape index (κ3) is 4.62. The molecule has 1 amide bonds. The molecule has 0 aromatic carbocycles. The normalized spacial score (nSPS) is 10.5. The first kappa shape index (κ1) is 13.4. The first-order valence-electron chi connectivity index (χ1n) is 5.91. The van der Waals surface area contributed by atoms with Crippen LogP contribution in [0.15, 0.2) is 11.7 Å². The molecule has 19 heavy (non-hydrogen) atoms. The van der Waals surface area contributed by atoms with Crippen molar-refractivity contribution in [3.8, 4) is 0 Å². The van der Waals surface area contributed by atoms with Crippen LogP contribution < -0.4 is 11.1 Å². The van der Waals surface area contributed by atoms with E-state index in [2.05, 4.69) is 25.8 Å². The zero-order valence-corrected chi connectivity index (χ0v) is 11.1. The molecular formula is C10H15N7OS. The van der Waals surface area contributed by atoms with E-state index in [1.807, 2.05) is 5.38 Å². The van der Waals surface area contributed by atoms with Gasteiger partial charge in [-0.3, -0.25) is 4.79 Å². The molecule has 0 unspecified atom stereocenters. The lowest BCUT2D eigenvalue weighted by molar-refractivity contribution is -0.121. The lowest BCUT2D eigenvalue weighted by atomic mass is 10.3. The standard InChI is InChI=1S/C10H15N7OS/c11-10-14-8(6-19-10)3-4-12-9(18)2-1-5-17-7-13-15-16-17/h6-7H,1-5H2,(H2,11,14)(H,12,18). The Morgan fingerprint density at radius 1 is 1.53 bits per heavy atom. The Bertz CT molecular complexity index is 510. The van der Waals surface area contributed by atoms with E-state index in [9.17, 15) is 4.79 Å². The summed E-state index contributed by atoms with van der Waals surface area (Å²) in [5, 5.41) is 16.1. The molecule has 2 heterocycles. The largest absolute Gasteiger partial charge is 0.375 e. The number of carbonyl (C=O) groups excluding carboxylic acids is 1. The lowest BCUT2D eigenvalue weighted by Gasteiger charge is -2.03. The van der Waals surface area contributed by atoms with E-state index in [0.717, 1.165) is 5.69 Å². The molecule has 0 aliphatic carbocycles. The highest BCUT2D eigenvalue weighted by Gasteiger charge is 2.03. The number of hydrogen-bond acceptors (Lipinski definition) is 7. The summed E-state index contributed by atoms with van der Waals surface area (Å²) in [4.78, 5) is 15.7. The molecule has 2 aromatic rings. The van der Waals surface area contributed by atoms with Crippen LogP contribution in [-0.4, -0.2) is 37.6 Å². The van der Waals surface area contributed by atoms with Crippen molar-refractivity contribution in [1.82, 2.24) is 30.5 Å². The Kier molecular flexibility index (Phi) is 4.78. The molecule has 0 atom stereocenters. The molecule has 2 rings (SSSR count). The van der Waals surface area contributed by atoms with Gasteiger partial charge in [-0.15, -0.1) is 16.4 Å². The van der Waals surface area contributed by atoms with Gasteiger partial charge in [0.25, 0.3) is 0 Å². The molecule has 9 heteroatoms. The van der Waals surface area contributed by atoms with Crippen molar-refractivity contribution >= 4 is 22.4 Å². The molecule has 8 nitrogen and oxygen atoms in total. The molecule has 3 N–H and O–H groups in total. The van der Waals surface area contributed by atoms with Gasteiger partial charge in [0.2, 0.25) is 5.91 Å². The SMILES string of the molecule is Nc1nc(CCNC(=O)CCCn2cnnn2)cs1. The van der Waals surface area contributed by atoms with E-state index in [1.54, 1.807) is 4.68 Å². The number of nitrogen functional groups attached to an aromatic ring is 1. The van der Waals surface area contributed by atoms with Gasteiger partial charge < -0.3 is 11.1 Å². The number of thiazole rings is 1. The summed E-state index contributed by atoms with van der Waals surface area (Å²) in [6, 6.07) is 0. The number of rotatable bonds is 7. The second kappa shape index (κ2) is 6.78. The van der Waals surface area contributed by atoms with E-state index in [1.165, 1.54) is 17.7 Å². The summed E-state index contributed by atoms with van der Waals surface area (Å²) >= 11 is 1.41. The highest BCUT2D eigenvalue weighted by molar-refractivity contribution is 7.13. The van der Waals surface area contributed by atoms with Crippen LogP contribution in [0.25, 0.3) is 0 Å². The smallest absolute Gasteiger partial charge is 0.220 e. The van der Waals surface area contributed by atoms with Crippen LogP contribution in [0.1, 0.15) is 18.5 Å². The van der Waals surface area contributed by atoms with Gasteiger partial charge in [0, 0.05) is 31.3 Å². The molecule has 0 saturated heterocycles. The minimum atomic E-state index is 0.0243. The van der Waals surface area contributed by atoms with Gasteiger partial charge in [0.15, 0.2) is 5.13 Å². The van der Waals surface area contributed by atoms with E-state index in [4.69, 9.17) is 5.73 Å². The number of carbonyl (C=O) groups is 1. The number of aromatic nitrogens is 5. The van der Waals surface area contributed by atoms with Crippen LogP contribution in [-0.2, 0) is 17.8 Å². The van der Waals surface area contributed by atoms with Gasteiger partial charge in [-0.1, -0.05) is 0 Å². The molecule has 0 saturated carbocycles. The Hall–Kier alpha value is -2.03. The molecule has 0 spiro atoms. The van der Waals surface area contributed by atoms with E-state index >= 15 is 0 Å². The highest BCUT2D eigenvalue weighted by atomic mass is 32.1. The number of tetrazole rings is 1. The lowest BCUT2D eigenvalue weighted by Crippen LogP contribution is -2.25. The average Bonchev–Trinajstić information content (AvgIpc) is 3.01. The quantitative estimate of drug-likeness (QED) is 0.730. The average molecular weight is 281 g/mol. The molecule has 2 aromatic heterocycles. The topological polar surface area (TPSA) is 112 Å². The monoisotopic (exact) mass is 281 g/mol. The van der Waals surface area contributed by atoms with Gasteiger partial charge in [-0.05, 0) is 16.8 Å². The van der Waals surface area contributed by atoms with Crippen molar-refractivity contribution in [3.05, 3.63) is 17.4 Å². The minimum Gasteiger partial charge on any atom is -0.375 e. The Balaban J connectivity index is 1.57. The number of nitrogens with two attached hydrogens (primary N) is 1. The van der Waals surface area contributed by atoms with E-state index in [0.29, 0.717) is 37.5 Å². The molecule has 102 valence electrons. The Labute approximate surface area is 114 Å². The fourth-order valence-electron chi connectivity index (χ4n) is 1.54. The van der Waals surface area contributed by atoms with Gasteiger partial charge in [0.05, 0.1) is 5.69 Å². The first-order valence-corrected chi connectivity index (χ1v) is 6.79. The maximum absolute atomic E-state index is 11.6. The fraction of sp³-hybridized carbons (Fsp3) is 0.500. The van der Waals surface area contributed by atoms with Crippen LogP contribution in [0.5, 0.6) is 0 Å². The predicted octanol–water partition coefficient (Wildman–Crippen LogP) is -0.149. The van der Waals surface area contributed by atoms with E-state index in [-0.39, 0.29) is 5.91 Å². The third-order valence-electron chi connectivity index (χ3n) is 2.46. The highest BCUT2D eigenvalue weighted by Crippen LogP contribution is 2.10. The van der Waals surface area contributed by atoms with Crippen LogP contribution in [0, 0.1) is 0 Å². The Morgan fingerprint density at radius 3 is 3.11 bits per heavy atom. The van der Waals surface area contributed by atoms with Crippen LogP contribution in [0.3, 0.4) is 0 Å². The maximum atomic E-state index is 11.6. The summed E-state index contributed by atoms with van der Waals surface area (Å²) in [7, 11) is 0. The molecule has 0 aliphatic heterocycles. The van der Waals surface area contributed by atoms with Gasteiger partial charge in [-0.25, -0.2) is 9.67 Å². The molecule has 0 fully saturated rings. The molecule has 0 bridgehead atoms. The molecule has 0 aliphatic rings. The van der Waals surface area contributed by atoms with Gasteiger partial charge >= 0.3 is 0 Å². The molecular weight excluding hydrogens is 266 g/mol. The third-order valence-corrected chi connectivity index (χ3v) is 3.18. The molecule has 0 radical (unpaired) electrons. The van der Waals surface area contributed by atoms with Gasteiger partial charge in [-0.2, -0.15) is 0 Å². The van der Waals surface area contributed by atoms with Crippen molar-refractivity contribution in [2.45, 2.75) is 25.8 Å². The minimum absolute atomic E-state index is 0.0243. The second-order valence-electron chi connectivity index (χ2n) is 3.95. The number of nitrogens with one attached hydrogen (secondary N) is 1. The van der Waals surface area contributed by atoms with Crippen LogP contribution in [0.2, 0.25) is 0 Å². The number of hydrogen-bond donors (Lipinski definition) is 2. The maximum Gasteiger partial charge on any atom is 0.220 e. The zero-order valence-electron chi connectivity index (χ0n) is 10.3. The summed E-state index contributed by atoms with van der Waals surface area (Å²) in [6.07, 6.45) is 3.40. The van der Waals surface area contributed by atoms with E-state index < -0.39 is 0 Å².